The Hall–Kier alpha value is -0.820. The van der Waals surface area contributed by atoms with Crippen LogP contribution in [0.15, 0.2) is 29.3 Å². The van der Waals surface area contributed by atoms with E-state index in [0.29, 0.717) is 11.9 Å². The molecule has 0 aliphatic heterocycles. The van der Waals surface area contributed by atoms with Gasteiger partial charge in [0.1, 0.15) is 0 Å². The van der Waals surface area contributed by atoms with Gasteiger partial charge in [-0.3, -0.25) is 4.99 Å². The number of hydrogen-bond donors (Lipinski definition) is 2. The number of rotatable bonds is 9. The van der Waals surface area contributed by atoms with E-state index in [-0.39, 0.29) is 24.0 Å². The van der Waals surface area contributed by atoms with Crippen LogP contribution in [0, 0.1) is 0 Å². The number of hydrogen-bond acceptors (Lipinski definition) is 2. The minimum absolute atomic E-state index is 0. The number of unbranched alkanes of at least 4 members (excludes halogenated alkanes) is 2. The van der Waals surface area contributed by atoms with Crippen LogP contribution in [-0.2, 0) is 4.74 Å². The van der Waals surface area contributed by atoms with Crippen molar-refractivity contribution in [1.29, 1.82) is 0 Å². The Bertz CT molecular complexity index is 420. The average Bonchev–Trinajstić information content (AvgIpc) is 2.50. The fourth-order valence-electron chi connectivity index (χ4n) is 2.05. The van der Waals surface area contributed by atoms with E-state index in [1.54, 1.807) is 7.11 Å². The highest BCUT2D eigenvalue weighted by Gasteiger charge is 2.02. The topological polar surface area (TPSA) is 59.6 Å². The molecule has 4 nitrogen and oxygen atoms in total. The van der Waals surface area contributed by atoms with Gasteiger partial charge in [-0.2, -0.15) is 0 Å². The maximum atomic E-state index is 5.88. The lowest BCUT2D eigenvalue weighted by atomic mass is 9.99. The Morgan fingerprint density at radius 2 is 1.91 bits per heavy atom. The zero-order chi connectivity index (χ0) is 15.5. The van der Waals surface area contributed by atoms with E-state index in [1.165, 1.54) is 5.56 Å². The molecule has 0 radical (unpaired) electrons. The fraction of sp³-hybridized carbons (Fsp3) is 0.588. The van der Waals surface area contributed by atoms with Crippen molar-refractivity contribution in [2.45, 2.75) is 45.4 Å². The Labute approximate surface area is 151 Å². The zero-order valence-electron chi connectivity index (χ0n) is 14.0. The van der Waals surface area contributed by atoms with Gasteiger partial charge in [-0.25, -0.2) is 0 Å². The van der Waals surface area contributed by atoms with E-state index in [0.717, 1.165) is 44.5 Å². The molecule has 3 N–H and O–H groups in total. The molecule has 0 bridgehead atoms. The molecular weight excluding hydrogens is 389 g/mol. The third-order valence-electron chi connectivity index (χ3n) is 3.65. The number of guanidine groups is 1. The zero-order valence-corrected chi connectivity index (χ0v) is 16.3. The number of aliphatic imine (C=N–C) groups is 1. The molecule has 0 amide bonds. The summed E-state index contributed by atoms with van der Waals surface area (Å²) in [5.41, 5.74) is 8.23. The molecule has 126 valence electrons. The predicted molar refractivity (Wildman–Crippen MR) is 106 cm³/mol. The predicted octanol–water partition coefficient (Wildman–Crippen LogP) is 4.36. The second-order valence-electron chi connectivity index (χ2n) is 5.38. The molecule has 0 fully saturated rings. The van der Waals surface area contributed by atoms with Crippen LogP contribution >= 0.6 is 24.0 Å². The third kappa shape index (κ3) is 8.58. The van der Waals surface area contributed by atoms with Crippen LogP contribution in [0.5, 0.6) is 0 Å². The number of anilines is 1. The normalized spacial score (nSPS) is 12.6. The standard InChI is InChI=1S/C17H29N3O.HI/c1-4-14(2)15-8-10-16(11-9-15)20-17(18)19-12-6-5-7-13-21-3;/h8-11,14H,4-7,12-13H2,1-3H3,(H3,18,19,20);1H. The maximum Gasteiger partial charge on any atom is 0.193 e. The maximum absolute atomic E-state index is 5.88. The number of nitrogens with one attached hydrogen (secondary N) is 1. The van der Waals surface area contributed by atoms with Crippen molar-refractivity contribution in [3.05, 3.63) is 29.8 Å². The third-order valence-corrected chi connectivity index (χ3v) is 3.65. The summed E-state index contributed by atoms with van der Waals surface area (Å²) >= 11 is 0. The molecular formula is C17H30IN3O. The van der Waals surface area contributed by atoms with Crippen molar-refractivity contribution in [3.8, 4) is 0 Å². The summed E-state index contributed by atoms with van der Waals surface area (Å²) in [7, 11) is 1.73. The number of halogens is 1. The van der Waals surface area contributed by atoms with Gasteiger partial charge in [0.05, 0.1) is 0 Å². The number of nitrogens with two attached hydrogens (primary N) is 1. The molecule has 1 aromatic carbocycles. The Balaban J connectivity index is 0.00000441. The lowest BCUT2D eigenvalue weighted by Gasteiger charge is -2.10. The van der Waals surface area contributed by atoms with Gasteiger partial charge in [0.2, 0.25) is 0 Å². The van der Waals surface area contributed by atoms with Crippen molar-refractivity contribution in [2.24, 2.45) is 10.7 Å². The lowest BCUT2D eigenvalue weighted by molar-refractivity contribution is 0.192. The summed E-state index contributed by atoms with van der Waals surface area (Å²) in [6.45, 7) is 6.02. The van der Waals surface area contributed by atoms with Crippen molar-refractivity contribution in [1.82, 2.24) is 0 Å². The largest absolute Gasteiger partial charge is 0.385 e. The first-order valence-corrected chi connectivity index (χ1v) is 7.83. The number of benzene rings is 1. The molecule has 1 rings (SSSR count). The number of methoxy groups -OCH3 is 1. The van der Waals surface area contributed by atoms with Gasteiger partial charge in [0.15, 0.2) is 5.96 Å². The van der Waals surface area contributed by atoms with Crippen molar-refractivity contribution < 1.29 is 4.74 Å². The highest BCUT2D eigenvalue weighted by atomic mass is 127. The van der Waals surface area contributed by atoms with Gasteiger partial charge in [-0.15, -0.1) is 24.0 Å². The molecule has 0 saturated heterocycles. The first kappa shape index (κ1) is 21.2. The average molecular weight is 419 g/mol. The second-order valence-corrected chi connectivity index (χ2v) is 5.38. The molecule has 22 heavy (non-hydrogen) atoms. The summed E-state index contributed by atoms with van der Waals surface area (Å²) in [5.74, 6) is 1.08. The van der Waals surface area contributed by atoms with E-state index in [2.05, 4.69) is 48.4 Å². The Kier molecular flexibility index (Phi) is 12.2. The van der Waals surface area contributed by atoms with Crippen LogP contribution < -0.4 is 11.1 Å². The van der Waals surface area contributed by atoms with Crippen molar-refractivity contribution in [2.75, 3.05) is 25.6 Å². The molecule has 0 aliphatic carbocycles. The van der Waals surface area contributed by atoms with Crippen LogP contribution in [0.3, 0.4) is 0 Å². The van der Waals surface area contributed by atoms with Gasteiger partial charge in [-0.05, 0) is 49.3 Å². The monoisotopic (exact) mass is 419 g/mol. The quantitative estimate of drug-likeness (QED) is 0.271. The molecule has 0 saturated carbocycles. The SMILES string of the molecule is CCC(C)c1ccc(NC(N)=NCCCCCOC)cc1.I. The van der Waals surface area contributed by atoms with Gasteiger partial charge >= 0.3 is 0 Å². The summed E-state index contributed by atoms with van der Waals surface area (Å²) < 4.78 is 5.01. The molecule has 0 spiro atoms. The van der Waals surface area contributed by atoms with E-state index >= 15 is 0 Å². The number of nitrogens with zero attached hydrogens (tertiary/aromatic N) is 1. The van der Waals surface area contributed by atoms with Crippen molar-refractivity contribution >= 4 is 35.6 Å². The molecule has 0 heterocycles. The van der Waals surface area contributed by atoms with E-state index in [4.69, 9.17) is 10.5 Å². The molecule has 0 aromatic heterocycles. The Morgan fingerprint density at radius 3 is 2.50 bits per heavy atom. The van der Waals surface area contributed by atoms with Gasteiger partial charge < -0.3 is 15.8 Å². The van der Waals surface area contributed by atoms with Gasteiger partial charge in [-0.1, -0.05) is 26.0 Å². The minimum Gasteiger partial charge on any atom is -0.385 e. The van der Waals surface area contributed by atoms with Crippen LogP contribution in [0.25, 0.3) is 0 Å². The number of ether oxygens (including phenoxy) is 1. The van der Waals surface area contributed by atoms with Gasteiger partial charge in [0.25, 0.3) is 0 Å². The van der Waals surface area contributed by atoms with Gasteiger partial charge in [0, 0.05) is 25.9 Å². The summed E-state index contributed by atoms with van der Waals surface area (Å²) in [4.78, 5) is 4.33. The van der Waals surface area contributed by atoms with Crippen molar-refractivity contribution in [3.63, 3.8) is 0 Å². The molecule has 1 aromatic rings. The highest BCUT2D eigenvalue weighted by molar-refractivity contribution is 14.0. The molecule has 1 unspecified atom stereocenters. The lowest BCUT2D eigenvalue weighted by Crippen LogP contribution is -2.22. The van der Waals surface area contributed by atoms with Crippen LogP contribution in [-0.4, -0.2) is 26.2 Å². The fourth-order valence-corrected chi connectivity index (χ4v) is 2.05. The van der Waals surface area contributed by atoms with Crippen LogP contribution in [0.2, 0.25) is 0 Å². The molecule has 1 atom stereocenters. The smallest absolute Gasteiger partial charge is 0.193 e. The van der Waals surface area contributed by atoms with Crippen LogP contribution in [0.4, 0.5) is 5.69 Å². The first-order chi connectivity index (χ1) is 10.2. The summed E-state index contributed by atoms with van der Waals surface area (Å²) in [6, 6.07) is 8.41. The molecule has 5 heteroatoms. The van der Waals surface area contributed by atoms with E-state index in [9.17, 15) is 0 Å². The summed E-state index contributed by atoms with van der Waals surface area (Å²) in [6.07, 6.45) is 4.39. The highest BCUT2D eigenvalue weighted by Crippen LogP contribution is 2.20. The second kappa shape index (κ2) is 12.7. The Morgan fingerprint density at radius 1 is 1.23 bits per heavy atom. The van der Waals surface area contributed by atoms with E-state index < -0.39 is 0 Å². The minimum atomic E-state index is 0. The first-order valence-electron chi connectivity index (χ1n) is 7.83. The molecule has 0 aliphatic rings. The summed E-state index contributed by atoms with van der Waals surface area (Å²) in [5, 5.41) is 3.13. The van der Waals surface area contributed by atoms with Crippen LogP contribution in [0.1, 0.15) is 51.0 Å². The van der Waals surface area contributed by atoms with E-state index in [1.807, 2.05) is 0 Å².